The van der Waals surface area contributed by atoms with E-state index in [1.165, 1.54) is 0 Å². The monoisotopic (exact) mass is 182 g/mol. The van der Waals surface area contributed by atoms with Crippen molar-refractivity contribution in [2.75, 3.05) is 6.54 Å². The minimum absolute atomic E-state index is 0.107. The molecule has 3 N–H and O–H groups in total. The number of nitrogens with one attached hydrogen (secondary N) is 1. The van der Waals surface area contributed by atoms with Gasteiger partial charge < -0.3 is 11.1 Å². The number of carbonyl (C=O) groups is 1. The molecule has 0 spiro atoms. The topological polar surface area (TPSA) is 55.1 Å². The van der Waals surface area contributed by atoms with E-state index >= 15 is 0 Å². The summed E-state index contributed by atoms with van der Waals surface area (Å²) in [5.41, 5.74) is 5.69. The van der Waals surface area contributed by atoms with E-state index in [4.69, 9.17) is 12.2 Å². The van der Waals surface area contributed by atoms with Crippen LogP contribution in [0, 0.1) is 18.3 Å². The van der Waals surface area contributed by atoms with Crippen molar-refractivity contribution in [3.63, 3.8) is 0 Å². The molecule has 0 aliphatic carbocycles. The van der Waals surface area contributed by atoms with Crippen LogP contribution in [0.3, 0.4) is 0 Å². The van der Waals surface area contributed by atoms with E-state index in [1.54, 1.807) is 0 Å². The van der Waals surface area contributed by atoms with Gasteiger partial charge in [-0.25, -0.2) is 0 Å². The van der Waals surface area contributed by atoms with Crippen LogP contribution in [-0.4, -0.2) is 18.5 Å². The molecule has 0 saturated carbocycles. The van der Waals surface area contributed by atoms with Gasteiger partial charge in [0.25, 0.3) is 0 Å². The number of carbonyl (C=O) groups excluding carboxylic acids is 1. The van der Waals surface area contributed by atoms with Gasteiger partial charge in [-0.1, -0.05) is 20.3 Å². The fourth-order valence-electron chi connectivity index (χ4n) is 0.888. The Balaban J connectivity index is 3.77. The summed E-state index contributed by atoms with van der Waals surface area (Å²) in [5, 5.41) is 2.69. The van der Waals surface area contributed by atoms with E-state index < -0.39 is 6.04 Å². The molecule has 0 aromatic heterocycles. The number of hydrogen-bond acceptors (Lipinski definition) is 2. The lowest BCUT2D eigenvalue weighted by Gasteiger charge is -2.17. The van der Waals surface area contributed by atoms with Gasteiger partial charge in [-0.15, -0.1) is 12.3 Å². The summed E-state index contributed by atoms with van der Waals surface area (Å²) in [7, 11) is 0. The molecular weight excluding hydrogens is 164 g/mol. The lowest BCUT2D eigenvalue weighted by molar-refractivity contribution is -0.123. The maximum absolute atomic E-state index is 11.3. The van der Waals surface area contributed by atoms with Crippen LogP contribution in [0.15, 0.2) is 0 Å². The first kappa shape index (κ1) is 12.0. The molecule has 2 unspecified atom stereocenters. The fraction of sp³-hybridized carbons (Fsp3) is 0.700. The largest absolute Gasteiger partial charge is 0.354 e. The lowest BCUT2D eigenvalue weighted by atomic mass is 9.99. The average Bonchev–Trinajstić information content (AvgIpc) is 2.15. The van der Waals surface area contributed by atoms with Crippen LogP contribution in [0.1, 0.15) is 26.7 Å². The fourth-order valence-corrected chi connectivity index (χ4v) is 0.888. The van der Waals surface area contributed by atoms with Crippen molar-refractivity contribution in [3.8, 4) is 12.3 Å². The Morgan fingerprint density at radius 2 is 2.31 bits per heavy atom. The van der Waals surface area contributed by atoms with Crippen LogP contribution >= 0.6 is 0 Å². The Morgan fingerprint density at radius 1 is 1.69 bits per heavy atom. The summed E-state index contributed by atoms with van der Waals surface area (Å²) < 4.78 is 0. The van der Waals surface area contributed by atoms with Crippen molar-refractivity contribution in [2.24, 2.45) is 11.7 Å². The molecule has 13 heavy (non-hydrogen) atoms. The van der Waals surface area contributed by atoms with Crippen molar-refractivity contribution in [1.82, 2.24) is 5.32 Å². The Labute approximate surface area is 80.1 Å². The quantitative estimate of drug-likeness (QED) is 0.480. The van der Waals surface area contributed by atoms with E-state index in [9.17, 15) is 4.79 Å². The van der Waals surface area contributed by atoms with E-state index in [1.807, 2.05) is 13.8 Å². The van der Waals surface area contributed by atoms with Crippen molar-refractivity contribution < 1.29 is 4.79 Å². The second-order valence-corrected chi connectivity index (χ2v) is 3.16. The first-order chi connectivity index (χ1) is 6.13. The number of amides is 1. The number of rotatable bonds is 5. The van der Waals surface area contributed by atoms with Gasteiger partial charge in [0.05, 0.1) is 6.04 Å². The maximum Gasteiger partial charge on any atom is 0.237 e. The summed E-state index contributed by atoms with van der Waals surface area (Å²) in [6.45, 7) is 4.49. The highest BCUT2D eigenvalue weighted by atomic mass is 16.2. The molecule has 0 aliphatic heterocycles. The van der Waals surface area contributed by atoms with Crippen LogP contribution in [0.4, 0.5) is 0 Å². The van der Waals surface area contributed by atoms with Gasteiger partial charge >= 0.3 is 0 Å². The number of nitrogens with two attached hydrogens (primary N) is 1. The van der Waals surface area contributed by atoms with Crippen LogP contribution in [0.25, 0.3) is 0 Å². The van der Waals surface area contributed by atoms with Gasteiger partial charge in [0.2, 0.25) is 5.91 Å². The maximum atomic E-state index is 11.3. The zero-order valence-corrected chi connectivity index (χ0v) is 8.34. The van der Waals surface area contributed by atoms with E-state index in [0.29, 0.717) is 13.0 Å². The molecule has 0 aromatic carbocycles. The molecule has 0 radical (unpaired) electrons. The summed E-state index contributed by atoms with van der Waals surface area (Å²) in [4.78, 5) is 11.3. The van der Waals surface area contributed by atoms with E-state index in [0.717, 1.165) is 6.42 Å². The smallest absolute Gasteiger partial charge is 0.237 e. The van der Waals surface area contributed by atoms with E-state index in [2.05, 4.69) is 11.2 Å². The first-order valence-electron chi connectivity index (χ1n) is 4.60. The summed E-state index contributed by atoms with van der Waals surface area (Å²) in [6.07, 6.45) is 6.51. The standard InChI is InChI=1S/C10H18N2O/c1-4-6-7-12-10(13)9(11)8(3)5-2/h1,8-9H,5-7,11H2,2-3H3,(H,12,13). The number of terminal acetylenes is 1. The molecule has 0 saturated heterocycles. The third kappa shape index (κ3) is 4.54. The Bertz CT molecular complexity index is 196. The molecular formula is C10H18N2O. The van der Waals surface area contributed by atoms with Crippen LogP contribution in [0.2, 0.25) is 0 Å². The van der Waals surface area contributed by atoms with Crippen molar-refractivity contribution in [1.29, 1.82) is 0 Å². The molecule has 3 heteroatoms. The second-order valence-electron chi connectivity index (χ2n) is 3.16. The zero-order valence-electron chi connectivity index (χ0n) is 8.34. The Morgan fingerprint density at radius 3 is 2.77 bits per heavy atom. The van der Waals surface area contributed by atoms with Crippen molar-refractivity contribution in [2.45, 2.75) is 32.7 Å². The highest BCUT2D eigenvalue weighted by molar-refractivity contribution is 5.81. The molecule has 74 valence electrons. The Kier molecular flexibility index (Phi) is 5.99. The minimum Gasteiger partial charge on any atom is -0.354 e. The summed E-state index contributed by atoms with van der Waals surface area (Å²) in [6, 6.07) is -0.414. The predicted octanol–water partition coefficient (Wildman–Crippen LogP) is 0.499. The van der Waals surface area contributed by atoms with Gasteiger partial charge in [-0.05, 0) is 5.92 Å². The third-order valence-corrected chi connectivity index (χ3v) is 2.13. The molecule has 0 aliphatic rings. The van der Waals surface area contributed by atoms with Gasteiger partial charge in [-0.2, -0.15) is 0 Å². The highest BCUT2D eigenvalue weighted by Gasteiger charge is 2.18. The van der Waals surface area contributed by atoms with Gasteiger partial charge in [0.15, 0.2) is 0 Å². The van der Waals surface area contributed by atoms with Crippen LogP contribution < -0.4 is 11.1 Å². The van der Waals surface area contributed by atoms with Gasteiger partial charge in [0.1, 0.15) is 0 Å². The normalized spacial score (nSPS) is 14.3. The van der Waals surface area contributed by atoms with E-state index in [-0.39, 0.29) is 11.8 Å². The SMILES string of the molecule is C#CCCNC(=O)C(N)C(C)CC. The van der Waals surface area contributed by atoms with Crippen LogP contribution in [-0.2, 0) is 4.79 Å². The molecule has 0 rings (SSSR count). The lowest BCUT2D eigenvalue weighted by Crippen LogP contribution is -2.44. The Hall–Kier alpha value is -1.01. The zero-order chi connectivity index (χ0) is 10.3. The first-order valence-corrected chi connectivity index (χ1v) is 4.60. The molecule has 0 bridgehead atoms. The highest BCUT2D eigenvalue weighted by Crippen LogP contribution is 2.04. The van der Waals surface area contributed by atoms with Gasteiger partial charge in [0, 0.05) is 13.0 Å². The summed E-state index contributed by atoms with van der Waals surface area (Å²) >= 11 is 0. The second kappa shape index (κ2) is 6.50. The van der Waals surface area contributed by atoms with Gasteiger partial charge in [-0.3, -0.25) is 4.79 Å². The molecule has 2 atom stereocenters. The molecule has 0 fully saturated rings. The third-order valence-electron chi connectivity index (χ3n) is 2.13. The average molecular weight is 182 g/mol. The number of hydrogen-bond donors (Lipinski definition) is 2. The van der Waals surface area contributed by atoms with Crippen LogP contribution in [0.5, 0.6) is 0 Å². The van der Waals surface area contributed by atoms with Crippen molar-refractivity contribution in [3.05, 3.63) is 0 Å². The molecule has 0 heterocycles. The predicted molar refractivity (Wildman–Crippen MR) is 53.9 cm³/mol. The molecule has 0 aromatic rings. The molecule has 1 amide bonds. The van der Waals surface area contributed by atoms with Crippen molar-refractivity contribution >= 4 is 5.91 Å². The summed E-state index contributed by atoms with van der Waals surface area (Å²) in [5.74, 6) is 2.56. The minimum atomic E-state index is -0.414. The molecule has 3 nitrogen and oxygen atoms in total.